The molecule has 0 atom stereocenters. The predicted octanol–water partition coefficient (Wildman–Crippen LogP) is 4.29. The van der Waals surface area contributed by atoms with Crippen molar-refractivity contribution in [3.8, 4) is 12.3 Å². The summed E-state index contributed by atoms with van der Waals surface area (Å²) in [6.45, 7) is 0.705. The van der Waals surface area contributed by atoms with Crippen LogP contribution in [0.2, 0.25) is 10.0 Å². The summed E-state index contributed by atoms with van der Waals surface area (Å²) in [6, 6.07) is 13.2. The molecule has 23 heavy (non-hydrogen) atoms. The molecule has 2 aromatic rings. The van der Waals surface area contributed by atoms with Gasteiger partial charge in [0.15, 0.2) is 0 Å². The van der Waals surface area contributed by atoms with Crippen molar-refractivity contribution in [1.82, 2.24) is 0 Å². The normalized spacial score (nSPS) is 15.2. The SMILES string of the molecule is C#CCN=C1CN=C(c2ccccc2Cl)c2cc(Cl)ccc2N1. The van der Waals surface area contributed by atoms with Crippen LogP contribution in [0.4, 0.5) is 5.69 Å². The number of anilines is 1. The minimum atomic E-state index is 0.308. The molecule has 0 bridgehead atoms. The molecule has 0 radical (unpaired) electrons. The van der Waals surface area contributed by atoms with Crippen molar-refractivity contribution in [2.75, 3.05) is 18.4 Å². The van der Waals surface area contributed by atoms with Crippen LogP contribution in [0, 0.1) is 12.3 Å². The third-order valence-corrected chi connectivity index (χ3v) is 3.96. The first kappa shape index (κ1) is 15.6. The highest BCUT2D eigenvalue weighted by atomic mass is 35.5. The number of hydrogen-bond donors (Lipinski definition) is 1. The van der Waals surface area contributed by atoms with Crippen molar-refractivity contribution in [3.63, 3.8) is 0 Å². The molecule has 3 nitrogen and oxygen atoms in total. The Morgan fingerprint density at radius 1 is 1.17 bits per heavy atom. The Morgan fingerprint density at radius 2 is 2.00 bits per heavy atom. The van der Waals surface area contributed by atoms with E-state index in [2.05, 4.69) is 21.2 Å². The van der Waals surface area contributed by atoms with Gasteiger partial charge in [-0.05, 0) is 24.3 Å². The van der Waals surface area contributed by atoms with Crippen LogP contribution < -0.4 is 5.32 Å². The second-order valence-electron chi connectivity index (χ2n) is 4.93. The van der Waals surface area contributed by atoms with Gasteiger partial charge in [0.2, 0.25) is 0 Å². The third kappa shape index (κ3) is 3.39. The molecule has 114 valence electrons. The van der Waals surface area contributed by atoms with Crippen LogP contribution in [-0.2, 0) is 0 Å². The largest absolute Gasteiger partial charge is 0.342 e. The molecule has 0 aromatic heterocycles. The number of amidine groups is 1. The Balaban J connectivity index is 2.16. The fraction of sp³-hybridized carbons (Fsp3) is 0.111. The van der Waals surface area contributed by atoms with Crippen molar-refractivity contribution in [1.29, 1.82) is 0 Å². The monoisotopic (exact) mass is 341 g/mol. The number of terminal acetylenes is 1. The van der Waals surface area contributed by atoms with E-state index in [1.165, 1.54) is 0 Å². The van der Waals surface area contributed by atoms with Gasteiger partial charge < -0.3 is 5.32 Å². The molecule has 3 rings (SSSR count). The average molecular weight is 342 g/mol. The van der Waals surface area contributed by atoms with Gasteiger partial charge in [-0.15, -0.1) is 6.42 Å². The van der Waals surface area contributed by atoms with Crippen LogP contribution in [-0.4, -0.2) is 24.6 Å². The quantitative estimate of drug-likeness (QED) is 0.813. The summed E-state index contributed by atoms with van der Waals surface area (Å²) in [7, 11) is 0. The summed E-state index contributed by atoms with van der Waals surface area (Å²) < 4.78 is 0. The lowest BCUT2D eigenvalue weighted by Crippen LogP contribution is -2.15. The summed E-state index contributed by atoms with van der Waals surface area (Å²) in [4.78, 5) is 9.01. The van der Waals surface area contributed by atoms with E-state index < -0.39 is 0 Å². The number of fused-ring (bicyclic) bond motifs is 1. The number of aliphatic imine (C=N–C) groups is 2. The molecule has 1 aliphatic rings. The van der Waals surface area contributed by atoms with Crippen molar-refractivity contribution in [3.05, 3.63) is 63.6 Å². The van der Waals surface area contributed by atoms with E-state index >= 15 is 0 Å². The molecule has 1 heterocycles. The van der Waals surface area contributed by atoms with Gasteiger partial charge in [0, 0.05) is 26.9 Å². The Kier molecular flexibility index (Phi) is 4.66. The highest BCUT2D eigenvalue weighted by Crippen LogP contribution is 2.28. The number of benzene rings is 2. The van der Waals surface area contributed by atoms with Gasteiger partial charge in [-0.25, -0.2) is 0 Å². The fourth-order valence-electron chi connectivity index (χ4n) is 2.37. The van der Waals surface area contributed by atoms with E-state index in [4.69, 9.17) is 29.6 Å². The molecule has 0 aliphatic carbocycles. The molecule has 1 aliphatic heterocycles. The fourth-order valence-corrected chi connectivity index (χ4v) is 2.77. The van der Waals surface area contributed by atoms with Crippen LogP contribution in [0.3, 0.4) is 0 Å². The minimum Gasteiger partial charge on any atom is -0.342 e. The van der Waals surface area contributed by atoms with Crippen LogP contribution in [0.15, 0.2) is 52.4 Å². The van der Waals surface area contributed by atoms with E-state index in [-0.39, 0.29) is 0 Å². The maximum Gasteiger partial charge on any atom is 0.124 e. The lowest BCUT2D eigenvalue weighted by atomic mass is 10.0. The number of halogens is 2. The second-order valence-corrected chi connectivity index (χ2v) is 5.77. The van der Waals surface area contributed by atoms with Crippen LogP contribution in [0.5, 0.6) is 0 Å². The second kappa shape index (κ2) is 6.87. The van der Waals surface area contributed by atoms with Crippen LogP contribution in [0.1, 0.15) is 11.1 Å². The molecule has 2 aromatic carbocycles. The van der Waals surface area contributed by atoms with E-state index in [0.717, 1.165) is 22.5 Å². The summed E-state index contributed by atoms with van der Waals surface area (Å²) in [5.74, 6) is 3.22. The molecular weight excluding hydrogens is 329 g/mol. The molecule has 0 spiro atoms. The van der Waals surface area contributed by atoms with Crippen molar-refractivity contribution >= 4 is 40.4 Å². The standard InChI is InChI=1S/C18H13Cl2N3/c1-2-9-21-17-11-22-18(13-5-3-4-6-15(13)20)14-10-12(19)7-8-16(14)23-17/h1,3-8,10H,9,11H2,(H,21,23). The highest BCUT2D eigenvalue weighted by molar-refractivity contribution is 6.36. The molecule has 0 saturated carbocycles. The van der Waals surface area contributed by atoms with Gasteiger partial charge in [0.05, 0.1) is 12.3 Å². The summed E-state index contributed by atoms with van der Waals surface area (Å²) >= 11 is 12.5. The lowest BCUT2D eigenvalue weighted by molar-refractivity contribution is 1.21. The molecule has 0 saturated heterocycles. The Hall–Kier alpha value is -2.28. The number of nitrogens with one attached hydrogen (secondary N) is 1. The van der Waals surface area contributed by atoms with Gasteiger partial charge in [-0.1, -0.05) is 47.3 Å². The molecule has 0 amide bonds. The first-order valence-electron chi connectivity index (χ1n) is 7.02. The van der Waals surface area contributed by atoms with Crippen molar-refractivity contribution in [2.24, 2.45) is 9.98 Å². The minimum absolute atomic E-state index is 0.308. The van der Waals surface area contributed by atoms with Gasteiger partial charge in [0.25, 0.3) is 0 Å². The maximum atomic E-state index is 6.35. The number of rotatable bonds is 2. The molecule has 0 unspecified atom stereocenters. The van der Waals surface area contributed by atoms with Crippen molar-refractivity contribution in [2.45, 2.75) is 0 Å². The lowest BCUT2D eigenvalue weighted by Gasteiger charge is -2.12. The van der Waals surface area contributed by atoms with Gasteiger partial charge in [-0.2, -0.15) is 0 Å². The van der Waals surface area contributed by atoms with Crippen LogP contribution in [0.25, 0.3) is 0 Å². The topological polar surface area (TPSA) is 36.8 Å². The van der Waals surface area contributed by atoms with E-state index in [1.54, 1.807) is 0 Å². The third-order valence-electron chi connectivity index (χ3n) is 3.39. The van der Waals surface area contributed by atoms with Gasteiger partial charge in [0.1, 0.15) is 12.4 Å². The predicted molar refractivity (Wildman–Crippen MR) is 98.2 cm³/mol. The Bertz CT molecular complexity index is 848. The summed E-state index contributed by atoms with van der Waals surface area (Å²) in [5.41, 5.74) is 3.40. The first-order valence-corrected chi connectivity index (χ1v) is 7.77. The summed E-state index contributed by atoms with van der Waals surface area (Å²) in [5, 5.41) is 4.55. The van der Waals surface area contributed by atoms with E-state index in [9.17, 15) is 0 Å². The summed E-state index contributed by atoms with van der Waals surface area (Å²) in [6.07, 6.45) is 5.28. The molecule has 0 fully saturated rings. The average Bonchev–Trinajstić information content (AvgIpc) is 2.72. The highest BCUT2D eigenvalue weighted by Gasteiger charge is 2.19. The van der Waals surface area contributed by atoms with Gasteiger partial charge >= 0.3 is 0 Å². The first-order chi connectivity index (χ1) is 11.2. The van der Waals surface area contributed by atoms with Crippen LogP contribution >= 0.6 is 23.2 Å². The zero-order valence-electron chi connectivity index (χ0n) is 12.2. The zero-order chi connectivity index (χ0) is 16.2. The smallest absolute Gasteiger partial charge is 0.124 e. The number of benzodiazepines with no additional fused rings is 1. The zero-order valence-corrected chi connectivity index (χ0v) is 13.7. The van der Waals surface area contributed by atoms with Crippen molar-refractivity contribution < 1.29 is 0 Å². The number of nitrogens with zero attached hydrogens (tertiary/aromatic N) is 2. The molecular formula is C18H13Cl2N3. The maximum absolute atomic E-state index is 6.35. The van der Waals surface area contributed by atoms with E-state index in [0.29, 0.717) is 29.0 Å². The Morgan fingerprint density at radius 3 is 2.78 bits per heavy atom. The molecule has 1 N–H and O–H groups in total. The van der Waals surface area contributed by atoms with Gasteiger partial charge in [-0.3, -0.25) is 9.98 Å². The number of hydrogen-bond acceptors (Lipinski definition) is 2. The van der Waals surface area contributed by atoms with E-state index in [1.807, 2.05) is 42.5 Å². The Labute approximate surface area is 145 Å². The molecule has 5 heteroatoms.